The lowest BCUT2D eigenvalue weighted by molar-refractivity contribution is -0.139. The van der Waals surface area contributed by atoms with Gasteiger partial charge in [-0.3, -0.25) is 4.79 Å². The molecule has 1 aromatic carbocycles. The number of likely N-dealkylation sites (tertiary alicyclic amines) is 1. The summed E-state index contributed by atoms with van der Waals surface area (Å²) in [6, 6.07) is 10.4. The van der Waals surface area contributed by atoms with Crippen LogP contribution in [0.5, 0.6) is 0 Å². The van der Waals surface area contributed by atoms with E-state index >= 15 is 0 Å². The smallest absolute Gasteiger partial charge is 0.320 e. The number of piperidine rings is 1. The fraction of sp³-hybridized carbons (Fsp3) is 0.636. The van der Waals surface area contributed by atoms with E-state index in [0.717, 1.165) is 50.9 Å². The third-order valence-electron chi connectivity index (χ3n) is 5.93. The number of amides is 3. The molecule has 3 rings (SSSR count). The van der Waals surface area contributed by atoms with Crippen LogP contribution in [0.4, 0.5) is 4.79 Å². The van der Waals surface area contributed by atoms with E-state index in [1.54, 1.807) is 4.90 Å². The van der Waals surface area contributed by atoms with Crippen LogP contribution in [-0.4, -0.2) is 72.5 Å². The molecule has 3 amide bonds. The van der Waals surface area contributed by atoms with Gasteiger partial charge in [-0.1, -0.05) is 37.3 Å². The van der Waals surface area contributed by atoms with Gasteiger partial charge in [-0.15, -0.1) is 0 Å². The van der Waals surface area contributed by atoms with Crippen molar-refractivity contribution in [3.63, 3.8) is 0 Å². The zero-order valence-corrected chi connectivity index (χ0v) is 17.3. The summed E-state index contributed by atoms with van der Waals surface area (Å²) in [5, 5.41) is 3.37. The molecule has 0 bridgehead atoms. The van der Waals surface area contributed by atoms with E-state index in [9.17, 15) is 9.59 Å². The van der Waals surface area contributed by atoms with Crippen molar-refractivity contribution in [3.8, 4) is 0 Å². The number of nitrogens with one attached hydrogen (secondary N) is 1. The van der Waals surface area contributed by atoms with Gasteiger partial charge in [0.1, 0.15) is 0 Å². The van der Waals surface area contributed by atoms with Crippen LogP contribution in [0.25, 0.3) is 0 Å². The monoisotopic (exact) mass is 386 g/mol. The number of hydrogen-bond donors (Lipinski definition) is 1. The van der Waals surface area contributed by atoms with Gasteiger partial charge in [0.25, 0.3) is 0 Å². The van der Waals surface area contributed by atoms with Crippen molar-refractivity contribution < 1.29 is 9.59 Å². The number of rotatable bonds is 6. The summed E-state index contributed by atoms with van der Waals surface area (Å²) in [6.45, 7) is 6.81. The first-order valence-corrected chi connectivity index (χ1v) is 10.6. The molecule has 0 aromatic heterocycles. The van der Waals surface area contributed by atoms with Gasteiger partial charge in [0.15, 0.2) is 0 Å². The average molecular weight is 387 g/mol. The lowest BCUT2D eigenvalue weighted by Crippen LogP contribution is -2.50. The van der Waals surface area contributed by atoms with E-state index in [4.69, 9.17) is 0 Å². The highest BCUT2D eigenvalue weighted by molar-refractivity contribution is 5.80. The van der Waals surface area contributed by atoms with Gasteiger partial charge < -0.3 is 20.0 Å². The maximum absolute atomic E-state index is 13.1. The Morgan fingerprint density at radius 2 is 1.86 bits per heavy atom. The predicted octanol–water partition coefficient (Wildman–Crippen LogP) is 2.55. The number of carbonyl (C=O) groups excluding carboxylic acids is 2. The molecule has 0 saturated carbocycles. The molecule has 2 aliphatic rings. The predicted molar refractivity (Wildman–Crippen MR) is 111 cm³/mol. The zero-order valence-electron chi connectivity index (χ0n) is 17.3. The molecule has 2 aliphatic heterocycles. The van der Waals surface area contributed by atoms with Gasteiger partial charge in [-0.05, 0) is 37.8 Å². The molecule has 1 aromatic rings. The van der Waals surface area contributed by atoms with Gasteiger partial charge in [-0.2, -0.15) is 0 Å². The maximum atomic E-state index is 13.1. The maximum Gasteiger partial charge on any atom is 0.320 e. The Bertz CT molecular complexity index is 637. The topological polar surface area (TPSA) is 55.9 Å². The number of urea groups is 1. The van der Waals surface area contributed by atoms with Crippen LogP contribution >= 0.6 is 0 Å². The van der Waals surface area contributed by atoms with Crippen LogP contribution in [0, 0.1) is 5.92 Å². The minimum Gasteiger partial charge on any atom is -0.338 e. The fourth-order valence-corrected chi connectivity index (χ4v) is 4.34. The Morgan fingerprint density at radius 3 is 2.46 bits per heavy atom. The summed E-state index contributed by atoms with van der Waals surface area (Å²) in [4.78, 5) is 31.7. The highest BCUT2D eigenvalue weighted by Gasteiger charge is 2.34. The number of benzene rings is 1. The summed E-state index contributed by atoms with van der Waals surface area (Å²) in [5.41, 5.74) is 1.13. The lowest BCUT2D eigenvalue weighted by Gasteiger charge is -2.37. The van der Waals surface area contributed by atoms with Crippen molar-refractivity contribution in [2.24, 2.45) is 5.92 Å². The molecule has 154 valence electrons. The van der Waals surface area contributed by atoms with E-state index in [2.05, 4.69) is 17.1 Å². The van der Waals surface area contributed by atoms with Gasteiger partial charge in [0, 0.05) is 51.7 Å². The second kappa shape index (κ2) is 9.92. The Hall–Kier alpha value is -2.08. The van der Waals surface area contributed by atoms with Crippen LogP contribution in [-0.2, 0) is 11.3 Å². The van der Waals surface area contributed by atoms with Gasteiger partial charge >= 0.3 is 6.03 Å². The second-order valence-corrected chi connectivity index (χ2v) is 8.06. The molecule has 0 radical (unpaired) electrons. The minimum absolute atomic E-state index is 0.0515. The summed E-state index contributed by atoms with van der Waals surface area (Å²) in [5.74, 6) is 0.343. The average Bonchev–Trinajstić information content (AvgIpc) is 3.26. The van der Waals surface area contributed by atoms with Crippen LogP contribution < -0.4 is 5.32 Å². The van der Waals surface area contributed by atoms with E-state index in [-0.39, 0.29) is 11.9 Å². The van der Waals surface area contributed by atoms with E-state index in [1.807, 2.05) is 42.3 Å². The van der Waals surface area contributed by atoms with Crippen molar-refractivity contribution in [3.05, 3.63) is 35.9 Å². The van der Waals surface area contributed by atoms with Crippen molar-refractivity contribution >= 4 is 11.9 Å². The van der Waals surface area contributed by atoms with E-state index in [0.29, 0.717) is 31.6 Å². The first kappa shape index (κ1) is 20.6. The summed E-state index contributed by atoms with van der Waals surface area (Å²) in [6.07, 6.45) is 3.57. The molecule has 2 fully saturated rings. The zero-order chi connectivity index (χ0) is 19.9. The third kappa shape index (κ3) is 5.04. The molecule has 2 saturated heterocycles. The number of hydrogen-bond acceptors (Lipinski definition) is 3. The van der Waals surface area contributed by atoms with Gasteiger partial charge in [0.2, 0.25) is 5.91 Å². The summed E-state index contributed by atoms with van der Waals surface area (Å²) in [7, 11) is 1.85. The highest BCUT2D eigenvalue weighted by Crippen LogP contribution is 2.23. The quantitative estimate of drug-likeness (QED) is 0.817. The molecular formula is C22H34N4O2. The molecule has 6 heteroatoms. The summed E-state index contributed by atoms with van der Waals surface area (Å²) < 4.78 is 0. The van der Waals surface area contributed by atoms with Crippen LogP contribution in [0.3, 0.4) is 0 Å². The van der Waals surface area contributed by atoms with Crippen molar-refractivity contribution in [2.75, 3.05) is 39.8 Å². The molecule has 0 spiro atoms. The molecule has 28 heavy (non-hydrogen) atoms. The molecule has 0 aliphatic carbocycles. The lowest BCUT2D eigenvalue weighted by atomic mass is 9.94. The Morgan fingerprint density at radius 1 is 1.14 bits per heavy atom. The van der Waals surface area contributed by atoms with Crippen molar-refractivity contribution in [1.29, 1.82) is 0 Å². The SMILES string of the molecule is CCCN(C(=O)C1CCN(C(=O)N(C)Cc2ccccc2)CC1)C1CCNC1. The summed E-state index contributed by atoms with van der Waals surface area (Å²) >= 11 is 0. The molecular weight excluding hydrogens is 352 g/mol. The largest absolute Gasteiger partial charge is 0.338 e. The molecule has 6 nitrogen and oxygen atoms in total. The number of carbonyl (C=O) groups is 2. The standard InChI is InChI=1S/C22H34N4O2/c1-3-13-26(20-9-12-23-16-20)21(27)19-10-14-25(15-11-19)22(28)24(2)17-18-7-5-4-6-8-18/h4-8,19-20,23H,3,9-17H2,1-2H3. The second-order valence-electron chi connectivity index (χ2n) is 8.06. The number of nitrogens with zero attached hydrogens (tertiary/aromatic N) is 3. The first-order valence-electron chi connectivity index (χ1n) is 10.6. The molecule has 2 heterocycles. The van der Waals surface area contributed by atoms with Crippen LogP contribution in [0.15, 0.2) is 30.3 Å². The van der Waals surface area contributed by atoms with Crippen molar-refractivity contribution in [2.45, 2.75) is 45.2 Å². The molecule has 1 unspecified atom stereocenters. The Kier molecular flexibility index (Phi) is 7.31. The Labute approximate surface area is 168 Å². The highest BCUT2D eigenvalue weighted by atomic mass is 16.2. The van der Waals surface area contributed by atoms with Crippen molar-refractivity contribution in [1.82, 2.24) is 20.0 Å². The van der Waals surface area contributed by atoms with E-state index < -0.39 is 0 Å². The normalized spacial score (nSPS) is 20.2. The molecule has 1 N–H and O–H groups in total. The van der Waals surface area contributed by atoms with E-state index in [1.165, 1.54) is 0 Å². The van der Waals surface area contributed by atoms with Crippen LogP contribution in [0.1, 0.15) is 38.2 Å². The molecule has 1 atom stereocenters. The minimum atomic E-state index is 0.0515. The fourth-order valence-electron chi connectivity index (χ4n) is 4.34. The third-order valence-corrected chi connectivity index (χ3v) is 5.93. The first-order chi connectivity index (χ1) is 13.6. The van der Waals surface area contributed by atoms with Crippen LogP contribution in [0.2, 0.25) is 0 Å². The van der Waals surface area contributed by atoms with Gasteiger partial charge in [-0.25, -0.2) is 4.79 Å². The van der Waals surface area contributed by atoms with Gasteiger partial charge in [0.05, 0.1) is 0 Å². The Balaban J connectivity index is 1.51.